The first-order valence-electron chi connectivity index (χ1n) is 8.87. The van der Waals surface area contributed by atoms with Crippen LogP contribution in [0.4, 0.5) is 0 Å². The van der Waals surface area contributed by atoms with Crippen LogP contribution in [0.2, 0.25) is 5.02 Å². The van der Waals surface area contributed by atoms with Gasteiger partial charge in [0.25, 0.3) is 0 Å². The molecule has 134 valence electrons. The van der Waals surface area contributed by atoms with E-state index in [1.165, 1.54) is 4.90 Å². The summed E-state index contributed by atoms with van der Waals surface area (Å²) in [6.07, 6.45) is 3.74. The maximum atomic E-state index is 12.4. The number of nitrogens with zero attached hydrogens (tertiary/aromatic N) is 1. The Balaban J connectivity index is 1.52. The minimum atomic E-state index is -0.169. The lowest BCUT2D eigenvalue weighted by molar-refractivity contribution is -0.140. The predicted molar refractivity (Wildman–Crippen MR) is 94.8 cm³/mol. The van der Waals surface area contributed by atoms with Gasteiger partial charge in [-0.15, -0.1) is 0 Å². The third kappa shape index (κ3) is 3.87. The molecule has 0 bridgehead atoms. The minimum Gasteiger partial charge on any atom is -0.350 e. The molecule has 1 aromatic carbocycles. The highest BCUT2D eigenvalue weighted by molar-refractivity contribution is 6.30. The Hall–Kier alpha value is -1.88. The number of hydrogen-bond donors (Lipinski definition) is 1. The van der Waals surface area contributed by atoms with Crippen LogP contribution in [-0.4, -0.2) is 29.2 Å². The van der Waals surface area contributed by atoms with Gasteiger partial charge in [0, 0.05) is 18.0 Å². The van der Waals surface area contributed by atoms with Crippen LogP contribution in [-0.2, 0) is 14.4 Å². The van der Waals surface area contributed by atoms with Crippen molar-refractivity contribution in [3.63, 3.8) is 0 Å². The van der Waals surface area contributed by atoms with E-state index < -0.39 is 0 Å². The standard InChI is InChI=1S/C19H23ClN2O3/c1-12(13-6-8-14(20)9-7-13)21-17(23)10-11-22-18(24)15-4-2-3-5-16(15)19(22)25/h6-9,12,15-16H,2-5,10-11H2,1H3,(H,21,23). The Bertz CT molecular complexity index is 650. The maximum Gasteiger partial charge on any atom is 0.233 e. The molecule has 1 N–H and O–H groups in total. The second kappa shape index (κ2) is 7.56. The summed E-state index contributed by atoms with van der Waals surface area (Å²) >= 11 is 5.87. The Morgan fingerprint density at radius 3 is 2.28 bits per heavy atom. The van der Waals surface area contributed by atoms with E-state index in [2.05, 4.69) is 5.32 Å². The molecule has 0 aromatic heterocycles. The first-order valence-corrected chi connectivity index (χ1v) is 9.25. The molecule has 5 nitrogen and oxygen atoms in total. The molecule has 1 aromatic rings. The van der Waals surface area contributed by atoms with Crippen LogP contribution in [0.25, 0.3) is 0 Å². The largest absolute Gasteiger partial charge is 0.350 e. The Morgan fingerprint density at radius 1 is 1.16 bits per heavy atom. The van der Waals surface area contributed by atoms with E-state index >= 15 is 0 Å². The Labute approximate surface area is 152 Å². The highest BCUT2D eigenvalue weighted by Gasteiger charge is 2.47. The molecule has 1 saturated heterocycles. The summed E-state index contributed by atoms with van der Waals surface area (Å²) in [7, 11) is 0. The predicted octanol–water partition coefficient (Wildman–Crippen LogP) is 3.08. The molecule has 1 aliphatic heterocycles. The third-order valence-corrected chi connectivity index (χ3v) is 5.49. The van der Waals surface area contributed by atoms with Gasteiger partial charge in [0.1, 0.15) is 0 Å². The first kappa shape index (κ1) is 17.9. The molecule has 1 saturated carbocycles. The topological polar surface area (TPSA) is 66.5 Å². The molecule has 6 heteroatoms. The minimum absolute atomic E-state index is 0.0896. The van der Waals surface area contributed by atoms with Crippen molar-refractivity contribution in [2.24, 2.45) is 11.8 Å². The SMILES string of the molecule is CC(NC(=O)CCN1C(=O)C2CCCCC2C1=O)c1ccc(Cl)cc1. The quantitative estimate of drug-likeness (QED) is 0.818. The van der Waals surface area contributed by atoms with Crippen molar-refractivity contribution < 1.29 is 14.4 Å². The van der Waals surface area contributed by atoms with Crippen molar-refractivity contribution in [3.8, 4) is 0 Å². The zero-order valence-corrected chi connectivity index (χ0v) is 15.1. The third-order valence-electron chi connectivity index (χ3n) is 5.24. The van der Waals surface area contributed by atoms with Crippen LogP contribution in [0.3, 0.4) is 0 Å². The van der Waals surface area contributed by atoms with Gasteiger partial charge in [0.2, 0.25) is 17.7 Å². The van der Waals surface area contributed by atoms with Crippen molar-refractivity contribution in [1.29, 1.82) is 0 Å². The first-order chi connectivity index (χ1) is 12.0. The lowest BCUT2D eigenvalue weighted by atomic mass is 9.81. The molecule has 3 unspecified atom stereocenters. The molecular formula is C19H23ClN2O3. The van der Waals surface area contributed by atoms with Gasteiger partial charge in [0.05, 0.1) is 17.9 Å². The summed E-state index contributed by atoms with van der Waals surface area (Å²) in [6.45, 7) is 2.06. The van der Waals surface area contributed by atoms with Crippen molar-refractivity contribution in [2.75, 3.05) is 6.54 Å². The summed E-state index contributed by atoms with van der Waals surface area (Å²) in [5.41, 5.74) is 0.956. The van der Waals surface area contributed by atoms with Gasteiger partial charge < -0.3 is 5.32 Å². The number of carbonyl (C=O) groups is 3. The number of rotatable bonds is 5. The molecule has 0 radical (unpaired) electrons. The van der Waals surface area contributed by atoms with Crippen molar-refractivity contribution in [1.82, 2.24) is 10.2 Å². The van der Waals surface area contributed by atoms with Crippen LogP contribution < -0.4 is 5.32 Å². The van der Waals surface area contributed by atoms with E-state index in [-0.39, 0.29) is 48.6 Å². The van der Waals surface area contributed by atoms with E-state index in [1.807, 2.05) is 19.1 Å². The van der Waals surface area contributed by atoms with Crippen molar-refractivity contribution in [2.45, 2.75) is 45.1 Å². The molecule has 2 fully saturated rings. The van der Waals surface area contributed by atoms with Gasteiger partial charge >= 0.3 is 0 Å². The molecule has 3 amide bonds. The van der Waals surface area contributed by atoms with Gasteiger partial charge in [-0.3, -0.25) is 19.3 Å². The zero-order chi connectivity index (χ0) is 18.0. The number of likely N-dealkylation sites (tertiary alicyclic amines) is 1. The van der Waals surface area contributed by atoms with E-state index in [1.54, 1.807) is 12.1 Å². The number of fused-ring (bicyclic) bond motifs is 1. The molecule has 1 heterocycles. The van der Waals surface area contributed by atoms with Gasteiger partial charge in [-0.1, -0.05) is 36.6 Å². The van der Waals surface area contributed by atoms with Gasteiger partial charge in [0.15, 0.2) is 0 Å². The Kier molecular flexibility index (Phi) is 5.42. The van der Waals surface area contributed by atoms with Gasteiger partial charge in [-0.2, -0.15) is 0 Å². The average Bonchev–Trinajstić information content (AvgIpc) is 2.85. The highest BCUT2D eigenvalue weighted by atomic mass is 35.5. The summed E-state index contributed by atoms with van der Waals surface area (Å²) in [6, 6.07) is 7.14. The van der Waals surface area contributed by atoms with Gasteiger partial charge in [-0.25, -0.2) is 0 Å². The fraction of sp³-hybridized carbons (Fsp3) is 0.526. The number of halogens is 1. The number of nitrogens with one attached hydrogen (secondary N) is 1. The van der Waals surface area contributed by atoms with E-state index in [4.69, 9.17) is 11.6 Å². The van der Waals surface area contributed by atoms with E-state index in [0.717, 1.165) is 31.2 Å². The average molecular weight is 363 g/mol. The summed E-state index contributed by atoms with van der Waals surface area (Å²) < 4.78 is 0. The zero-order valence-electron chi connectivity index (χ0n) is 14.3. The van der Waals surface area contributed by atoms with Crippen molar-refractivity contribution in [3.05, 3.63) is 34.9 Å². The summed E-state index contributed by atoms with van der Waals surface area (Å²) in [5, 5.41) is 3.55. The number of hydrogen-bond acceptors (Lipinski definition) is 3. The lowest BCUT2D eigenvalue weighted by Gasteiger charge is -2.19. The highest BCUT2D eigenvalue weighted by Crippen LogP contribution is 2.37. The lowest BCUT2D eigenvalue weighted by Crippen LogP contribution is -2.36. The summed E-state index contributed by atoms with van der Waals surface area (Å²) in [5.74, 6) is -0.658. The number of benzene rings is 1. The number of carbonyl (C=O) groups excluding carboxylic acids is 3. The molecular weight excluding hydrogens is 340 g/mol. The van der Waals surface area contributed by atoms with E-state index in [0.29, 0.717) is 5.02 Å². The summed E-state index contributed by atoms with van der Waals surface area (Å²) in [4.78, 5) is 38.3. The van der Waals surface area contributed by atoms with Crippen LogP contribution in [0.1, 0.15) is 50.6 Å². The Morgan fingerprint density at radius 2 is 1.72 bits per heavy atom. The smallest absolute Gasteiger partial charge is 0.233 e. The monoisotopic (exact) mass is 362 g/mol. The molecule has 25 heavy (non-hydrogen) atoms. The van der Waals surface area contributed by atoms with Crippen molar-refractivity contribution >= 4 is 29.3 Å². The van der Waals surface area contributed by atoms with Crippen LogP contribution in [0.5, 0.6) is 0 Å². The molecule has 3 atom stereocenters. The molecule has 2 aliphatic rings. The van der Waals surface area contributed by atoms with Gasteiger partial charge in [-0.05, 0) is 37.5 Å². The molecule has 0 spiro atoms. The van der Waals surface area contributed by atoms with E-state index in [9.17, 15) is 14.4 Å². The van der Waals surface area contributed by atoms with Crippen LogP contribution >= 0.6 is 11.6 Å². The molecule has 3 rings (SSSR count). The van der Waals surface area contributed by atoms with Crippen LogP contribution in [0, 0.1) is 11.8 Å². The van der Waals surface area contributed by atoms with Crippen LogP contribution in [0.15, 0.2) is 24.3 Å². The number of amides is 3. The second-order valence-electron chi connectivity index (χ2n) is 6.92. The number of imide groups is 1. The fourth-order valence-corrected chi connectivity index (χ4v) is 3.94. The second-order valence-corrected chi connectivity index (χ2v) is 7.35. The maximum absolute atomic E-state index is 12.4. The molecule has 1 aliphatic carbocycles. The fourth-order valence-electron chi connectivity index (χ4n) is 3.81. The normalized spacial score (nSPS) is 24.2.